The summed E-state index contributed by atoms with van der Waals surface area (Å²) >= 11 is 5.01. The van der Waals surface area contributed by atoms with Gasteiger partial charge in [-0.2, -0.15) is 0 Å². The Morgan fingerprint density at radius 1 is 1.14 bits per heavy atom. The van der Waals surface area contributed by atoms with Crippen LogP contribution < -0.4 is 10.6 Å². The molecule has 0 heterocycles. The summed E-state index contributed by atoms with van der Waals surface area (Å²) in [6, 6.07) is 12.2. The van der Waals surface area contributed by atoms with Crippen LogP contribution in [0.15, 0.2) is 42.5 Å². The monoisotopic (exact) mass is 300 g/mol. The predicted molar refractivity (Wildman–Crippen MR) is 87.9 cm³/mol. The Morgan fingerprint density at radius 2 is 1.76 bits per heavy atom. The molecule has 0 saturated heterocycles. The van der Waals surface area contributed by atoms with Crippen molar-refractivity contribution in [2.75, 3.05) is 11.9 Å². The molecule has 0 atom stereocenters. The highest BCUT2D eigenvalue weighted by atomic mass is 32.1. The van der Waals surface area contributed by atoms with Crippen molar-refractivity contribution < 1.29 is 9.90 Å². The average Bonchev–Trinajstić information content (AvgIpc) is 2.48. The molecule has 0 aliphatic carbocycles. The molecule has 0 aromatic heterocycles. The maximum Gasteiger partial charge on any atom is 0.261 e. The first kappa shape index (κ1) is 15.0. The largest absolute Gasteiger partial charge is 0.507 e. The number of aryl methyl sites for hydroxylation is 1. The summed E-state index contributed by atoms with van der Waals surface area (Å²) in [5.41, 5.74) is 7.81. The highest BCUT2D eigenvalue weighted by molar-refractivity contribution is 7.80. The minimum absolute atomic E-state index is 0.0119. The molecule has 0 fully saturated rings. The summed E-state index contributed by atoms with van der Waals surface area (Å²) in [6.07, 6.45) is 0. The number of carbonyl (C=O) groups is 1. The van der Waals surface area contributed by atoms with E-state index in [0.717, 1.165) is 0 Å². The molecule has 5 heteroatoms. The Hall–Kier alpha value is -2.40. The molecule has 2 aromatic rings. The van der Waals surface area contributed by atoms with Crippen LogP contribution in [0.25, 0.3) is 0 Å². The standard InChI is InChI=1S/C16H16N2O2S/c1-10-6-5-8-12(14(10)19)16(20)18(2)13-9-4-3-7-11(13)15(17)21/h3-9,19H,1-2H3,(H2,17,21). The number of aromatic hydroxyl groups is 1. The van der Waals surface area contributed by atoms with Gasteiger partial charge in [0, 0.05) is 12.6 Å². The highest BCUT2D eigenvalue weighted by Gasteiger charge is 2.20. The summed E-state index contributed by atoms with van der Waals surface area (Å²) in [5, 5.41) is 10.0. The van der Waals surface area contributed by atoms with Gasteiger partial charge in [0.1, 0.15) is 10.7 Å². The molecule has 0 bridgehead atoms. The first-order chi connectivity index (χ1) is 9.93. The summed E-state index contributed by atoms with van der Waals surface area (Å²) in [7, 11) is 1.63. The van der Waals surface area contributed by atoms with Crippen molar-refractivity contribution in [3.8, 4) is 5.75 Å². The van der Waals surface area contributed by atoms with Crippen LogP contribution in [0.1, 0.15) is 21.5 Å². The third-order valence-electron chi connectivity index (χ3n) is 3.30. The Balaban J connectivity index is 2.45. The minimum Gasteiger partial charge on any atom is -0.507 e. The molecular weight excluding hydrogens is 284 g/mol. The fourth-order valence-corrected chi connectivity index (χ4v) is 2.27. The van der Waals surface area contributed by atoms with Gasteiger partial charge in [0.2, 0.25) is 0 Å². The smallest absolute Gasteiger partial charge is 0.261 e. The fraction of sp³-hybridized carbons (Fsp3) is 0.125. The molecule has 0 unspecified atom stereocenters. The average molecular weight is 300 g/mol. The SMILES string of the molecule is Cc1cccc(C(=O)N(C)c2ccccc2C(N)=S)c1O. The van der Waals surface area contributed by atoms with E-state index >= 15 is 0 Å². The summed E-state index contributed by atoms with van der Waals surface area (Å²) in [5.74, 6) is -0.331. The highest BCUT2D eigenvalue weighted by Crippen LogP contribution is 2.26. The molecule has 0 aliphatic heterocycles. The van der Waals surface area contributed by atoms with E-state index in [-0.39, 0.29) is 22.2 Å². The van der Waals surface area contributed by atoms with E-state index in [4.69, 9.17) is 18.0 Å². The Kier molecular flexibility index (Phi) is 4.23. The molecule has 2 rings (SSSR count). The van der Waals surface area contributed by atoms with Crippen LogP contribution in [0.3, 0.4) is 0 Å². The maximum absolute atomic E-state index is 12.6. The number of thiocarbonyl (C=S) groups is 1. The van der Waals surface area contributed by atoms with Gasteiger partial charge >= 0.3 is 0 Å². The molecule has 0 saturated carbocycles. The number of nitrogens with two attached hydrogens (primary N) is 1. The summed E-state index contributed by atoms with van der Waals surface area (Å²) < 4.78 is 0. The lowest BCUT2D eigenvalue weighted by molar-refractivity contribution is 0.0990. The number of benzene rings is 2. The number of amides is 1. The third kappa shape index (κ3) is 2.87. The van der Waals surface area contributed by atoms with Crippen LogP contribution in [-0.4, -0.2) is 23.0 Å². The van der Waals surface area contributed by atoms with E-state index in [1.165, 1.54) is 4.90 Å². The predicted octanol–water partition coefficient (Wildman–Crippen LogP) is 2.61. The van der Waals surface area contributed by atoms with E-state index in [1.807, 2.05) is 0 Å². The van der Waals surface area contributed by atoms with Crippen molar-refractivity contribution >= 4 is 28.8 Å². The topological polar surface area (TPSA) is 66.6 Å². The van der Waals surface area contributed by atoms with Gasteiger partial charge in [-0.1, -0.05) is 36.5 Å². The van der Waals surface area contributed by atoms with Gasteiger partial charge in [-0.25, -0.2) is 0 Å². The van der Waals surface area contributed by atoms with Gasteiger partial charge in [-0.15, -0.1) is 0 Å². The van der Waals surface area contributed by atoms with Crippen molar-refractivity contribution in [2.45, 2.75) is 6.92 Å². The van der Waals surface area contributed by atoms with Crippen molar-refractivity contribution in [2.24, 2.45) is 5.73 Å². The number of anilines is 1. The Bertz CT molecular complexity index is 713. The van der Waals surface area contributed by atoms with Crippen LogP contribution in [0.2, 0.25) is 0 Å². The molecule has 2 aromatic carbocycles. The number of phenolic OH excluding ortho intramolecular Hbond substituents is 1. The van der Waals surface area contributed by atoms with Crippen LogP contribution >= 0.6 is 12.2 Å². The molecule has 21 heavy (non-hydrogen) atoms. The van der Waals surface area contributed by atoms with E-state index in [9.17, 15) is 9.90 Å². The second-order valence-electron chi connectivity index (χ2n) is 4.72. The van der Waals surface area contributed by atoms with E-state index in [1.54, 1.807) is 56.4 Å². The second-order valence-corrected chi connectivity index (χ2v) is 5.16. The number of para-hydroxylation sites is 2. The quantitative estimate of drug-likeness (QED) is 0.855. The zero-order chi connectivity index (χ0) is 15.6. The van der Waals surface area contributed by atoms with E-state index in [0.29, 0.717) is 16.8 Å². The van der Waals surface area contributed by atoms with Crippen LogP contribution in [0, 0.1) is 6.92 Å². The van der Waals surface area contributed by atoms with E-state index < -0.39 is 0 Å². The molecular formula is C16H16N2O2S. The fourth-order valence-electron chi connectivity index (χ4n) is 2.10. The number of carbonyl (C=O) groups excluding carboxylic acids is 1. The molecule has 4 nitrogen and oxygen atoms in total. The van der Waals surface area contributed by atoms with Gasteiger partial charge < -0.3 is 15.7 Å². The molecule has 108 valence electrons. The van der Waals surface area contributed by atoms with Gasteiger partial charge in [-0.05, 0) is 30.7 Å². The molecule has 0 aliphatic rings. The molecule has 0 radical (unpaired) electrons. The Labute approximate surface area is 128 Å². The third-order valence-corrected chi connectivity index (χ3v) is 3.52. The first-order valence-corrected chi connectivity index (χ1v) is 6.79. The number of nitrogens with zero attached hydrogens (tertiary/aromatic N) is 1. The maximum atomic E-state index is 12.6. The van der Waals surface area contributed by atoms with Crippen molar-refractivity contribution in [1.29, 1.82) is 0 Å². The zero-order valence-corrected chi connectivity index (χ0v) is 12.6. The molecule has 0 spiro atoms. The van der Waals surface area contributed by atoms with Crippen molar-refractivity contribution in [3.63, 3.8) is 0 Å². The normalized spacial score (nSPS) is 10.2. The Morgan fingerprint density at radius 3 is 2.43 bits per heavy atom. The lowest BCUT2D eigenvalue weighted by atomic mass is 10.1. The number of rotatable bonds is 3. The van der Waals surface area contributed by atoms with Gasteiger partial charge in [0.05, 0.1) is 11.3 Å². The minimum atomic E-state index is -0.320. The molecule has 1 amide bonds. The van der Waals surface area contributed by atoms with Gasteiger partial charge in [0.15, 0.2) is 0 Å². The number of phenols is 1. The van der Waals surface area contributed by atoms with Crippen LogP contribution in [0.5, 0.6) is 5.75 Å². The van der Waals surface area contributed by atoms with Crippen molar-refractivity contribution in [3.05, 3.63) is 59.2 Å². The first-order valence-electron chi connectivity index (χ1n) is 6.39. The van der Waals surface area contributed by atoms with Crippen LogP contribution in [-0.2, 0) is 0 Å². The summed E-state index contributed by atoms with van der Waals surface area (Å²) in [4.78, 5) is 14.2. The van der Waals surface area contributed by atoms with Gasteiger partial charge in [-0.3, -0.25) is 4.79 Å². The lowest BCUT2D eigenvalue weighted by Crippen LogP contribution is -2.28. The number of hydrogen-bond donors (Lipinski definition) is 2. The lowest BCUT2D eigenvalue weighted by Gasteiger charge is -2.21. The molecule has 3 N–H and O–H groups in total. The zero-order valence-electron chi connectivity index (χ0n) is 11.8. The van der Waals surface area contributed by atoms with Crippen LogP contribution in [0.4, 0.5) is 5.69 Å². The number of hydrogen-bond acceptors (Lipinski definition) is 3. The van der Waals surface area contributed by atoms with E-state index in [2.05, 4.69) is 0 Å². The second kappa shape index (κ2) is 5.93. The van der Waals surface area contributed by atoms with Gasteiger partial charge in [0.25, 0.3) is 5.91 Å². The summed E-state index contributed by atoms with van der Waals surface area (Å²) in [6.45, 7) is 1.75. The van der Waals surface area contributed by atoms with Crippen molar-refractivity contribution in [1.82, 2.24) is 0 Å².